The van der Waals surface area contributed by atoms with Crippen LogP contribution in [0.25, 0.3) is 0 Å². The summed E-state index contributed by atoms with van der Waals surface area (Å²) >= 11 is 0. The number of hydrogen-bond donors (Lipinski definition) is 1. The van der Waals surface area contributed by atoms with E-state index >= 15 is 0 Å². The third kappa shape index (κ3) is 2.40. The van der Waals surface area contributed by atoms with Gasteiger partial charge in [-0.15, -0.1) is 0 Å². The highest BCUT2D eigenvalue weighted by molar-refractivity contribution is 6.08. The molecule has 1 amide bonds. The van der Waals surface area contributed by atoms with Crippen molar-refractivity contribution in [1.82, 2.24) is 0 Å². The van der Waals surface area contributed by atoms with Crippen LogP contribution in [0.1, 0.15) is 23.0 Å². The molecule has 3 rings (SSSR count). The third-order valence-electron chi connectivity index (χ3n) is 3.84. The van der Waals surface area contributed by atoms with Crippen LogP contribution in [0.5, 0.6) is 0 Å². The van der Waals surface area contributed by atoms with Crippen LogP contribution in [0, 0.1) is 0 Å². The van der Waals surface area contributed by atoms with Crippen molar-refractivity contribution in [2.75, 3.05) is 29.4 Å². The molecule has 0 unspecified atom stereocenters. The number of fused-ring (bicyclic) bond motifs is 1. The Labute approximate surface area is 123 Å². The maximum absolute atomic E-state index is 12.7. The van der Waals surface area contributed by atoms with Gasteiger partial charge in [-0.05, 0) is 25.1 Å². The average molecular weight is 285 g/mol. The SMILES string of the molecule is CCN1CCN(C(=O)c2coc(CN)c2)c2ccccc21. The van der Waals surface area contributed by atoms with Crippen LogP contribution in [-0.4, -0.2) is 25.5 Å². The standard InChI is InChI=1S/C16H19N3O2/c1-2-18-7-8-19(15-6-4-3-5-14(15)18)16(20)12-9-13(10-17)21-11-12/h3-6,9,11H,2,7-8,10,17H2,1H3. The minimum absolute atomic E-state index is 0.0401. The van der Waals surface area contributed by atoms with Crippen molar-refractivity contribution >= 4 is 17.3 Å². The van der Waals surface area contributed by atoms with Gasteiger partial charge in [0.25, 0.3) is 5.91 Å². The molecule has 0 saturated carbocycles. The summed E-state index contributed by atoms with van der Waals surface area (Å²) in [6.07, 6.45) is 1.49. The molecule has 0 atom stereocenters. The van der Waals surface area contributed by atoms with E-state index in [1.54, 1.807) is 6.07 Å². The van der Waals surface area contributed by atoms with E-state index in [0.29, 0.717) is 24.4 Å². The zero-order chi connectivity index (χ0) is 14.8. The molecule has 0 spiro atoms. The van der Waals surface area contributed by atoms with Crippen molar-refractivity contribution in [3.8, 4) is 0 Å². The number of nitrogens with two attached hydrogens (primary N) is 1. The molecule has 5 heteroatoms. The Morgan fingerprint density at radius 3 is 2.71 bits per heavy atom. The first-order chi connectivity index (χ1) is 10.2. The second-order valence-corrected chi connectivity index (χ2v) is 5.03. The molecular weight excluding hydrogens is 266 g/mol. The highest BCUT2D eigenvalue weighted by Crippen LogP contribution is 2.33. The van der Waals surface area contributed by atoms with Crippen LogP contribution in [0.4, 0.5) is 11.4 Å². The number of rotatable bonds is 3. The number of nitrogens with zero attached hydrogens (tertiary/aromatic N) is 2. The monoisotopic (exact) mass is 285 g/mol. The molecule has 1 aliphatic rings. The first-order valence-corrected chi connectivity index (χ1v) is 7.18. The molecule has 5 nitrogen and oxygen atoms in total. The summed E-state index contributed by atoms with van der Waals surface area (Å²) in [5.41, 5.74) is 8.13. The second kappa shape index (κ2) is 5.61. The molecule has 1 aromatic carbocycles. The van der Waals surface area contributed by atoms with Gasteiger partial charge < -0.3 is 20.0 Å². The summed E-state index contributed by atoms with van der Waals surface area (Å²) in [5, 5.41) is 0. The molecule has 110 valence electrons. The molecule has 21 heavy (non-hydrogen) atoms. The van der Waals surface area contributed by atoms with Crippen LogP contribution in [-0.2, 0) is 6.54 Å². The number of hydrogen-bond acceptors (Lipinski definition) is 4. The molecule has 0 aliphatic carbocycles. The maximum atomic E-state index is 12.7. The van der Waals surface area contributed by atoms with E-state index in [1.165, 1.54) is 6.26 Å². The molecule has 1 aliphatic heterocycles. The van der Waals surface area contributed by atoms with E-state index in [9.17, 15) is 4.79 Å². The van der Waals surface area contributed by atoms with Crippen LogP contribution in [0.2, 0.25) is 0 Å². The van der Waals surface area contributed by atoms with Crippen LogP contribution >= 0.6 is 0 Å². The predicted octanol–water partition coefficient (Wildman–Crippen LogP) is 2.22. The Morgan fingerprint density at radius 2 is 2.05 bits per heavy atom. The quantitative estimate of drug-likeness (QED) is 0.939. The third-order valence-corrected chi connectivity index (χ3v) is 3.84. The fourth-order valence-electron chi connectivity index (χ4n) is 2.72. The van der Waals surface area contributed by atoms with E-state index in [4.69, 9.17) is 10.2 Å². The summed E-state index contributed by atoms with van der Waals surface area (Å²) in [6, 6.07) is 9.72. The summed E-state index contributed by atoms with van der Waals surface area (Å²) < 4.78 is 5.27. The zero-order valence-corrected chi connectivity index (χ0v) is 12.1. The van der Waals surface area contributed by atoms with Crippen molar-refractivity contribution in [3.05, 3.63) is 47.9 Å². The topological polar surface area (TPSA) is 62.7 Å². The second-order valence-electron chi connectivity index (χ2n) is 5.03. The number of para-hydroxylation sites is 2. The van der Waals surface area contributed by atoms with Gasteiger partial charge in [0.05, 0.1) is 23.5 Å². The van der Waals surface area contributed by atoms with Gasteiger partial charge in [0.2, 0.25) is 0 Å². The van der Waals surface area contributed by atoms with Crippen LogP contribution < -0.4 is 15.5 Å². The van der Waals surface area contributed by atoms with Crippen molar-refractivity contribution in [3.63, 3.8) is 0 Å². The van der Waals surface area contributed by atoms with Crippen LogP contribution in [0.15, 0.2) is 41.0 Å². The van der Waals surface area contributed by atoms with Gasteiger partial charge >= 0.3 is 0 Å². The van der Waals surface area contributed by atoms with E-state index in [0.717, 1.165) is 24.5 Å². The molecule has 2 aromatic rings. The Morgan fingerprint density at radius 1 is 1.29 bits per heavy atom. The molecule has 0 bridgehead atoms. The largest absolute Gasteiger partial charge is 0.467 e. The molecular formula is C16H19N3O2. The number of carbonyl (C=O) groups is 1. The lowest BCUT2D eigenvalue weighted by molar-refractivity contribution is 0.0986. The number of benzene rings is 1. The lowest BCUT2D eigenvalue weighted by Crippen LogP contribution is -2.44. The molecule has 2 N–H and O–H groups in total. The van der Waals surface area contributed by atoms with E-state index in [-0.39, 0.29) is 5.91 Å². The highest BCUT2D eigenvalue weighted by Gasteiger charge is 2.27. The molecule has 2 heterocycles. The van der Waals surface area contributed by atoms with E-state index < -0.39 is 0 Å². The van der Waals surface area contributed by atoms with Crippen molar-refractivity contribution in [2.24, 2.45) is 5.73 Å². The van der Waals surface area contributed by atoms with E-state index in [1.807, 2.05) is 23.1 Å². The van der Waals surface area contributed by atoms with Crippen molar-refractivity contribution < 1.29 is 9.21 Å². The molecule has 0 radical (unpaired) electrons. The van der Waals surface area contributed by atoms with Crippen LogP contribution in [0.3, 0.4) is 0 Å². The minimum atomic E-state index is -0.0401. The Kier molecular flexibility index (Phi) is 3.66. The summed E-state index contributed by atoms with van der Waals surface area (Å²) in [6.45, 7) is 4.86. The van der Waals surface area contributed by atoms with Gasteiger partial charge in [-0.25, -0.2) is 0 Å². The Bertz CT molecular complexity index is 650. The summed E-state index contributed by atoms with van der Waals surface area (Å²) in [4.78, 5) is 16.8. The molecule has 1 aromatic heterocycles. The highest BCUT2D eigenvalue weighted by atomic mass is 16.3. The molecule has 0 saturated heterocycles. The summed E-state index contributed by atoms with van der Waals surface area (Å²) in [5.74, 6) is 0.584. The number of furan rings is 1. The number of likely N-dealkylation sites (N-methyl/N-ethyl adjacent to an activating group) is 1. The maximum Gasteiger partial charge on any atom is 0.261 e. The molecule has 0 fully saturated rings. The van der Waals surface area contributed by atoms with Crippen molar-refractivity contribution in [2.45, 2.75) is 13.5 Å². The summed E-state index contributed by atoms with van der Waals surface area (Å²) in [7, 11) is 0. The van der Waals surface area contributed by atoms with Gasteiger partial charge in [-0.1, -0.05) is 12.1 Å². The average Bonchev–Trinajstić information content (AvgIpc) is 3.02. The number of anilines is 2. The van der Waals surface area contributed by atoms with Gasteiger partial charge in [-0.3, -0.25) is 4.79 Å². The lowest BCUT2D eigenvalue weighted by atomic mass is 10.1. The van der Waals surface area contributed by atoms with Gasteiger partial charge in [-0.2, -0.15) is 0 Å². The Hall–Kier alpha value is -2.27. The lowest BCUT2D eigenvalue weighted by Gasteiger charge is -2.37. The number of carbonyl (C=O) groups excluding carboxylic acids is 1. The Balaban J connectivity index is 1.94. The first-order valence-electron chi connectivity index (χ1n) is 7.18. The van der Waals surface area contributed by atoms with Gasteiger partial charge in [0.1, 0.15) is 12.0 Å². The zero-order valence-electron chi connectivity index (χ0n) is 12.1. The normalized spacial score (nSPS) is 14.2. The van der Waals surface area contributed by atoms with Crippen molar-refractivity contribution in [1.29, 1.82) is 0 Å². The van der Waals surface area contributed by atoms with Gasteiger partial charge in [0.15, 0.2) is 0 Å². The van der Waals surface area contributed by atoms with Gasteiger partial charge in [0, 0.05) is 19.6 Å². The fraction of sp³-hybridized carbons (Fsp3) is 0.312. The smallest absolute Gasteiger partial charge is 0.261 e. The van der Waals surface area contributed by atoms with E-state index in [2.05, 4.69) is 17.9 Å². The fourth-order valence-corrected chi connectivity index (χ4v) is 2.72. The predicted molar refractivity (Wildman–Crippen MR) is 82.6 cm³/mol. The number of amides is 1. The minimum Gasteiger partial charge on any atom is -0.467 e. The first kappa shape index (κ1) is 13.7.